The lowest BCUT2D eigenvalue weighted by Gasteiger charge is -2.36. The van der Waals surface area contributed by atoms with Gasteiger partial charge in [-0.25, -0.2) is 9.78 Å². The van der Waals surface area contributed by atoms with Crippen LogP contribution in [-0.4, -0.2) is 48.2 Å². The average molecular weight is 426 g/mol. The molecule has 2 heterocycles. The number of rotatable bonds is 8. The molecule has 2 aromatic rings. The molecule has 1 aromatic carbocycles. The highest BCUT2D eigenvalue weighted by molar-refractivity contribution is 5.99. The van der Waals surface area contributed by atoms with Gasteiger partial charge in [-0.15, -0.1) is 0 Å². The van der Waals surface area contributed by atoms with Crippen molar-refractivity contribution < 1.29 is 19.4 Å². The van der Waals surface area contributed by atoms with E-state index in [0.717, 1.165) is 24.5 Å². The highest BCUT2D eigenvalue weighted by Gasteiger charge is 2.26. The molecule has 1 aromatic heterocycles. The number of carbonyl (C=O) groups excluding carboxylic acids is 1. The van der Waals surface area contributed by atoms with Gasteiger partial charge in [-0.05, 0) is 61.4 Å². The van der Waals surface area contributed by atoms with Gasteiger partial charge in [0.25, 0.3) is 5.91 Å². The molecule has 1 aliphatic rings. The second-order valence-corrected chi connectivity index (χ2v) is 8.30. The van der Waals surface area contributed by atoms with E-state index < -0.39 is 5.97 Å². The molecular formula is C24H31N3O4. The quantitative estimate of drug-likeness (QED) is 0.671. The maximum atomic E-state index is 12.9. The summed E-state index contributed by atoms with van der Waals surface area (Å²) < 4.78 is 5.45. The number of hydrogen-bond donors (Lipinski definition) is 2. The summed E-state index contributed by atoms with van der Waals surface area (Å²) in [5.41, 5.74) is 1.62. The van der Waals surface area contributed by atoms with Crippen molar-refractivity contribution in [3.05, 3.63) is 53.2 Å². The van der Waals surface area contributed by atoms with Gasteiger partial charge >= 0.3 is 5.97 Å². The maximum Gasteiger partial charge on any atom is 0.339 e. The first-order chi connectivity index (χ1) is 14.9. The Bertz CT molecular complexity index is 921. The predicted octanol–water partition coefficient (Wildman–Crippen LogP) is 3.63. The van der Waals surface area contributed by atoms with Gasteiger partial charge in [0.05, 0.1) is 12.2 Å². The van der Waals surface area contributed by atoms with Crippen LogP contribution < -0.4 is 15.0 Å². The second-order valence-electron chi connectivity index (χ2n) is 8.30. The summed E-state index contributed by atoms with van der Waals surface area (Å²) in [6, 6.07) is 8.63. The normalized spacial score (nSPS) is 18.5. The lowest BCUT2D eigenvalue weighted by molar-refractivity contribution is 0.0692. The number of ether oxygens (including phenoxy) is 1. The Kier molecular flexibility index (Phi) is 7.50. The first-order valence-electron chi connectivity index (χ1n) is 10.9. The SMILES string of the molecule is CCOc1cc(CCNC(=O)c2cccnc2N2CC(C)CC(C)C2)ccc1C(=O)O. The molecule has 2 unspecified atom stereocenters. The summed E-state index contributed by atoms with van der Waals surface area (Å²) in [6.45, 7) is 8.90. The number of carbonyl (C=O) groups is 2. The molecule has 1 aliphatic heterocycles. The molecule has 0 radical (unpaired) electrons. The fourth-order valence-electron chi connectivity index (χ4n) is 4.25. The standard InChI is InChI=1S/C24H31N3O4/c1-4-31-21-13-18(7-8-19(21)24(29)30)9-11-26-23(28)20-6-5-10-25-22(20)27-14-16(2)12-17(3)15-27/h5-8,10,13,16-17H,4,9,11-12,14-15H2,1-3H3,(H,26,28)(H,29,30). The van der Waals surface area contributed by atoms with Crippen LogP contribution in [0.5, 0.6) is 5.75 Å². The summed E-state index contributed by atoms with van der Waals surface area (Å²) in [5, 5.41) is 12.3. The van der Waals surface area contributed by atoms with E-state index in [0.29, 0.717) is 42.7 Å². The van der Waals surface area contributed by atoms with E-state index in [2.05, 4.69) is 29.0 Å². The number of nitrogens with zero attached hydrogens (tertiary/aromatic N) is 2. The van der Waals surface area contributed by atoms with Crippen LogP contribution in [0.3, 0.4) is 0 Å². The molecule has 0 aliphatic carbocycles. The Labute approximate surface area is 183 Å². The first kappa shape index (κ1) is 22.6. The van der Waals surface area contributed by atoms with Gasteiger partial charge < -0.3 is 20.1 Å². The van der Waals surface area contributed by atoms with E-state index >= 15 is 0 Å². The zero-order valence-electron chi connectivity index (χ0n) is 18.4. The summed E-state index contributed by atoms with van der Waals surface area (Å²) in [5.74, 6) is 1.05. The maximum absolute atomic E-state index is 12.9. The summed E-state index contributed by atoms with van der Waals surface area (Å²) in [6.07, 6.45) is 3.49. The highest BCUT2D eigenvalue weighted by atomic mass is 16.5. The summed E-state index contributed by atoms with van der Waals surface area (Å²) in [4.78, 5) is 30.9. The van der Waals surface area contributed by atoms with E-state index in [1.54, 1.807) is 30.5 Å². The van der Waals surface area contributed by atoms with Crippen molar-refractivity contribution in [3.63, 3.8) is 0 Å². The summed E-state index contributed by atoms with van der Waals surface area (Å²) in [7, 11) is 0. The predicted molar refractivity (Wildman–Crippen MR) is 120 cm³/mol. The molecule has 0 bridgehead atoms. The zero-order valence-corrected chi connectivity index (χ0v) is 18.4. The molecule has 31 heavy (non-hydrogen) atoms. The Balaban J connectivity index is 1.66. The number of hydrogen-bond acceptors (Lipinski definition) is 5. The first-order valence-corrected chi connectivity index (χ1v) is 10.9. The lowest BCUT2D eigenvalue weighted by Crippen LogP contribution is -2.40. The third kappa shape index (κ3) is 5.75. The van der Waals surface area contributed by atoms with Crippen LogP contribution in [0.15, 0.2) is 36.5 Å². The van der Waals surface area contributed by atoms with Gasteiger partial charge in [-0.2, -0.15) is 0 Å². The van der Waals surface area contributed by atoms with Crippen LogP contribution >= 0.6 is 0 Å². The lowest BCUT2D eigenvalue weighted by atomic mass is 9.91. The van der Waals surface area contributed by atoms with E-state index in [-0.39, 0.29) is 11.5 Å². The van der Waals surface area contributed by atoms with Gasteiger partial charge in [0, 0.05) is 25.8 Å². The summed E-state index contributed by atoms with van der Waals surface area (Å²) >= 11 is 0. The largest absolute Gasteiger partial charge is 0.493 e. The van der Waals surface area contributed by atoms with Gasteiger partial charge in [0.15, 0.2) is 0 Å². The molecule has 2 N–H and O–H groups in total. The van der Waals surface area contributed by atoms with Crippen molar-refractivity contribution in [1.29, 1.82) is 0 Å². The third-order valence-corrected chi connectivity index (χ3v) is 5.48. The van der Waals surface area contributed by atoms with E-state index in [4.69, 9.17) is 4.74 Å². The molecule has 2 atom stereocenters. The van der Waals surface area contributed by atoms with Crippen molar-refractivity contribution in [2.24, 2.45) is 11.8 Å². The number of aromatic carboxylic acids is 1. The fourth-order valence-corrected chi connectivity index (χ4v) is 4.25. The van der Waals surface area contributed by atoms with Crippen LogP contribution in [0, 0.1) is 11.8 Å². The number of anilines is 1. The Morgan fingerprint density at radius 3 is 2.61 bits per heavy atom. The molecule has 166 valence electrons. The molecular weight excluding hydrogens is 394 g/mol. The zero-order chi connectivity index (χ0) is 22.4. The van der Waals surface area contributed by atoms with Gasteiger partial charge in [0.2, 0.25) is 0 Å². The number of benzene rings is 1. The van der Waals surface area contributed by atoms with Crippen LogP contribution in [-0.2, 0) is 6.42 Å². The molecule has 7 heteroatoms. The molecule has 1 amide bonds. The minimum absolute atomic E-state index is 0.139. The smallest absolute Gasteiger partial charge is 0.339 e. The van der Waals surface area contributed by atoms with Crippen molar-refractivity contribution in [3.8, 4) is 5.75 Å². The highest BCUT2D eigenvalue weighted by Crippen LogP contribution is 2.27. The topological polar surface area (TPSA) is 91.8 Å². The number of amides is 1. The van der Waals surface area contributed by atoms with Gasteiger partial charge in [-0.3, -0.25) is 4.79 Å². The van der Waals surface area contributed by atoms with Gasteiger partial charge in [0.1, 0.15) is 17.1 Å². The van der Waals surface area contributed by atoms with E-state index in [1.807, 2.05) is 13.0 Å². The minimum atomic E-state index is -1.02. The number of carboxylic acid groups (broad SMARTS) is 1. The van der Waals surface area contributed by atoms with E-state index in [1.165, 1.54) is 6.42 Å². The Morgan fingerprint density at radius 2 is 1.94 bits per heavy atom. The van der Waals surface area contributed by atoms with Crippen molar-refractivity contribution in [1.82, 2.24) is 10.3 Å². The average Bonchev–Trinajstić information content (AvgIpc) is 2.73. The number of carboxylic acids is 1. The second kappa shape index (κ2) is 10.3. The molecule has 7 nitrogen and oxygen atoms in total. The van der Waals surface area contributed by atoms with Crippen molar-refractivity contribution in [2.75, 3.05) is 31.1 Å². The monoisotopic (exact) mass is 425 g/mol. The number of nitrogens with one attached hydrogen (secondary N) is 1. The van der Waals surface area contributed by atoms with Crippen LogP contribution in [0.4, 0.5) is 5.82 Å². The fraction of sp³-hybridized carbons (Fsp3) is 0.458. The molecule has 1 saturated heterocycles. The van der Waals surface area contributed by atoms with Crippen LogP contribution in [0.2, 0.25) is 0 Å². The molecule has 0 saturated carbocycles. The molecule has 1 fully saturated rings. The molecule has 3 rings (SSSR count). The van der Waals surface area contributed by atoms with E-state index in [9.17, 15) is 14.7 Å². The Hall–Kier alpha value is -3.09. The Morgan fingerprint density at radius 1 is 1.19 bits per heavy atom. The number of aromatic nitrogens is 1. The van der Waals surface area contributed by atoms with Crippen LogP contribution in [0.1, 0.15) is 53.5 Å². The number of pyridine rings is 1. The molecule has 0 spiro atoms. The van der Waals surface area contributed by atoms with Crippen molar-refractivity contribution in [2.45, 2.75) is 33.6 Å². The minimum Gasteiger partial charge on any atom is -0.493 e. The van der Waals surface area contributed by atoms with Crippen molar-refractivity contribution >= 4 is 17.7 Å². The third-order valence-electron chi connectivity index (χ3n) is 5.48. The van der Waals surface area contributed by atoms with Gasteiger partial charge in [-0.1, -0.05) is 19.9 Å². The number of piperidine rings is 1. The van der Waals surface area contributed by atoms with Crippen LogP contribution in [0.25, 0.3) is 0 Å².